The number of ether oxygens (including phenoxy) is 1. The minimum Gasteiger partial charge on any atom is -0.472 e. The molecule has 5 rings (SSSR count). The molecule has 130 valence electrons. The Hall–Kier alpha value is -3.39. The molecular formula is C25H17FO. The van der Waals surface area contributed by atoms with E-state index in [4.69, 9.17) is 4.74 Å². The molecule has 4 aromatic carbocycles. The van der Waals surface area contributed by atoms with Gasteiger partial charge in [-0.3, -0.25) is 0 Å². The van der Waals surface area contributed by atoms with Crippen molar-refractivity contribution in [2.24, 2.45) is 0 Å². The third-order valence-corrected chi connectivity index (χ3v) is 5.15. The maximum absolute atomic E-state index is 13.6. The molecule has 1 unspecified atom stereocenters. The van der Waals surface area contributed by atoms with Crippen LogP contribution in [-0.4, -0.2) is 0 Å². The first-order chi connectivity index (χ1) is 13.3. The molecule has 0 radical (unpaired) electrons. The van der Waals surface area contributed by atoms with Crippen LogP contribution in [0.2, 0.25) is 0 Å². The maximum atomic E-state index is 13.6. The topological polar surface area (TPSA) is 9.23 Å². The van der Waals surface area contributed by atoms with Crippen molar-refractivity contribution in [2.45, 2.75) is 5.60 Å². The van der Waals surface area contributed by atoms with Crippen LogP contribution in [0, 0.1) is 5.82 Å². The number of fused-ring (bicyclic) bond motifs is 3. The lowest BCUT2D eigenvalue weighted by Crippen LogP contribution is -2.34. The Bertz CT molecular complexity index is 1150. The van der Waals surface area contributed by atoms with Crippen molar-refractivity contribution in [3.05, 3.63) is 120 Å². The van der Waals surface area contributed by atoms with Crippen LogP contribution in [0.5, 0.6) is 5.75 Å². The van der Waals surface area contributed by atoms with E-state index in [1.807, 2.05) is 42.5 Å². The van der Waals surface area contributed by atoms with Crippen molar-refractivity contribution in [1.82, 2.24) is 0 Å². The fraction of sp³-hybridized carbons (Fsp3) is 0.0400. The summed E-state index contributed by atoms with van der Waals surface area (Å²) in [5, 5.41) is 2.20. The van der Waals surface area contributed by atoms with Gasteiger partial charge in [0.15, 0.2) is 5.60 Å². The number of hydrogen-bond acceptors (Lipinski definition) is 1. The Morgan fingerprint density at radius 2 is 1.37 bits per heavy atom. The molecule has 0 saturated heterocycles. The molecule has 0 aromatic heterocycles. The largest absolute Gasteiger partial charge is 0.472 e. The van der Waals surface area contributed by atoms with Gasteiger partial charge in [-0.1, -0.05) is 84.9 Å². The van der Waals surface area contributed by atoms with Gasteiger partial charge in [0.2, 0.25) is 0 Å². The van der Waals surface area contributed by atoms with Gasteiger partial charge >= 0.3 is 0 Å². The van der Waals surface area contributed by atoms with E-state index in [0.29, 0.717) is 0 Å². The molecule has 4 aromatic rings. The van der Waals surface area contributed by atoms with Crippen molar-refractivity contribution in [3.63, 3.8) is 0 Å². The zero-order chi connectivity index (χ0) is 18.3. The van der Waals surface area contributed by atoms with Crippen LogP contribution in [0.4, 0.5) is 4.39 Å². The van der Waals surface area contributed by atoms with E-state index >= 15 is 0 Å². The molecule has 1 nitrogen and oxygen atoms in total. The first-order valence-corrected chi connectivity index (χ1v) is 8.98. The molecule has 1 aliphatic rings. The summed E-state index contributed by atoms with van der Waals surface area (Å²) in [4.78, 5) is 0. The third-order valence-electron chi connectivity index (χ3n) is 5.15. The van der Waals surface area contributed by atoms with Gasteiger partial charge in [0.05, 0.1) is 0 Å². The Morgan fingerprint density at radius 3 is 2.19 bits per heavy atom. The molecule has 2 heteroatoms. The number of halogens is 1. The van der Waals surface area contributed by atoms with E-state index in [1.54, 1.807) is 12.1 Å². The minimum atomic E-state index is -0.800. The Morgan fingerprint density at radius 1 is 0.667 bits per heavy atom. The highest BCUT2D eigenvalue weighted by Gasteiger charge is 2.37. The second kappa shape index (κ2) is 6.10. The molecule has 0 bridgehead atoms. The summed E-state index contributed by atoms with van der Waals surface area (Å²) in [6.07, 6.45) is 4.16. The first kappa shape index (κ1) is 15.8. The monoisotopic (exact) mass is 352 g/mol. The summed E-state index contributed by atoms with van der Waals surface area (Å²) in [6, 6.07) is 29.0. The van der Waals surface area contributed by atoms with Crippen LogP contribution in [-0.2, 0) is 5.60 Å². The minimum absolute atomic E-state index is 0.257. The lowest BCUT2D eigenvalue weighted by molar-refractivity contribution is 0.163. The highest BCUT2D eigenvalue weighted by Crippen LogP contribution is 2.44. The number of benzene rings is 4. The zero-order valence-corrected chi connectivity index (χ0v) is 14.6. The molecule has 0 amide bonds. The van der Waals surface area contributed by atoms with Gasteiger partial charge < -0.3 is 4.74 Å². The van der Waals surface area contributed by atoms with E-state index in [0.717, 1.165) is 33.2 Å². The Balaban J connectivity index is 1.77. The standard InChI is InChI=1S/C25H17FO/c26-22-14-12-21(13-15-22)25(20-7-2-1-3-8-20)17-16-19-11-10-18-6-4-5-9-23(18)24(19)27-25/h1-17H. The van der Waals surface area contributed by atoms with Gasteiger partial charge in [0.25, 0.3) is 0 Å². The number of hydrogen-bond donors (Lipinski definition) is 0. The van der Waals surface area contributed by atoms with E-state index in [-0.39, 0.29) is 5.82 Å². The Kier molecular flexibility index (Phi) is 3.58. The highest BCUT2D eigenvalue weighted by atomic mass is 19.1. The summed E-state index contributed by atoms with van der Waals surface area (Å²) in [6.45, 7) is 0. The Labute approximate surface area is 157 Å². The average Bonchev–Trinajstić information content (AvgIpc) is 2.74. The van der Waals surface area contributed by atoms with Crippen LogP contribution in [0.15, 0.2) is 97.1 Å². The van der Waals surface area contributed by atoms with Crippen molar-refractivity contribution in [3.8, 4) is 5.75 Å². The van der Waals surface area contributed by atoms with Crippen LogP contribution < -0.4 is 4.74 Å². The lowest BCUT2D eigenvalue weighted by Gasteiger charge is -2.36. The van der Waals surface area contributed by atoms with Crippen LogP contribution in [0.3, 0.4) is 0 Å². The predicted molar refractivity (Wildman–Crippen MR) is 107 cm³/mol. The van der Waals surface area contributed by atoms with Crippen molar-refractivity contribution < 1.29 is 9.13 Å². The molecule has 0 aliphatic carbocycles. The fourth-order valence-electron chi connectivity index (χ4n) is 3.77. The molecule has 0 N–H and O–H groups in total. The molecule has 0 spiro atoms. The molecular weight excluding hydrogens is 335 g/mol. The van der Waals surface area contributed by atoms with E-state index in [9.17, 15) is 4.39 Å². The summed E-state index contributed by atoms with van der Waals surface area (Å²) in [7, 11) is 0. The van der Waals surface area contributed by atoms with Crippen LogP contribution in [0.1, 0.15) is 16.7 Å². The maximum Gasteiger partial charge on any atom is 0.178 e. The lowest BCUT2D eigenvalue weighted by atomic mass is 9.83. The van der Waals surface area contributed by atoms with E-state index < -0.39 is 5.60 Å². The van der Waals surface area contributed by atoms with Gasteiger partial charge in [-0.25, -0.2) is 4.39 Å². The summed E-state index contributed by atoms with van der Waals surface area (Å²) in [5.41, 5.74) is 2.14. The zero-order valence-electron chi connectivity index (χ0n) is 14.6. The molecule has 0 saturated carbocycles. The molecule has 1 aliphatic heterocycles. The first-order valence-electron chi connectivity index (χ1n) is 8.98. The molecule has 27 heavy (non-hydrogen) atoms. The van der Waals surface area contributed by atoms with Gasteiger partial charge in [-0.15, -0.1) is 0 Å². The normalized spacial score (nSPS) is 18.1. The average molecular weight is 352 g/mol. The van der Waals surface area contributed by atoms with Crippen molar-refractivity contribution >= 4 is 16.8 Å². The molecule has 1 heterocycles. The molecule has 1 atom stereocenters. The van der Waals surface area contributed by atoms with Crippen molar-refractivity contribution in [2.75, 3.05) is 0 Å². The van der Waals surface area contributed by atoms with Crippen LogP contribution in [0.25, 0.3) is 16.8 Å². The summed E-state index contributed by atoms with van der Waals surface area (Å²) >= 11 is 0. The summed E-state index contributed by atoms with van der Waals surface area (Å²) in [5.74, 6) is 0.594. The van der Waals surface area contributed by atoms with Gasteiger partial charge in [-0.05, 0) is 23.6 Å². The second-order valence-corrected chi connectivity index (χ2v) is 6.75. The van der Waals surface area contributed by atoms with Crippen molar-refractivity contribution in [1.29, 1.82) is 0 Å². The summed E-state index contributed by atoms with van der Waals surface area (Å²) < 4.78 is 20.3. The fourth-order valence-corrected chi connectivity index (χ4v) is 3.77. The van der Waals surface area contributed by atoms with Gasteiger partial charge in [0.1, 0.15) is 11.6 Å². The predicted octanol–water partition coefficient (Wildman–Crippen LogP) is 6.33. The smallest absolute Gasteiger partial charge is 0.178 e. The molecule has 0 fully saturated rings. The van der Waals surface area contributed by atoms with Crippen LogP contribution >= 0.6 is 0 Å². The van der Waals surface area contributed by atoms with Gasteiger partial charge in [-0.2, -0.15) is 0 Å². The van der Waals surface area contributed by atoms with E-state index in [1.165, 1.54) is 12.1 Å². The third kappa shape index (κ3) is 2.53. The quantitative estimate of drug-likeness (QED) is 0.410. The number of rotatable bonds is 2. The highest BCUT2D eigenvalue weighted by molar-refractivity contribution is 5.92. The van der Waals surface area contributed by atoms with Gasteiger partial charge in [0, 0.05) is 22.1 Å². The SMILES string of the molecule is Fc1ccc(C2(c3ccccc3)C=Cc3ccc4ccccc4c3O2)cc1. The second-order valence-electron chi connectivity index (χ2n) is 6.75. The van der Waals surface area contributed by atoms with E-state index in [2.05, 4.69) is 36.4 Å².